The highest BCUT2D eigenvalue weighted by molar-refractivity contribution is 5.67. The topological polar surface area (TPSA) is 38.8 Å². The van der Waals surface area contributed by atoms with Crippen LogP contribution in [0.2, 0.25) is 0 Å². The second-order valence-electron chi connectivity index (χ2n) is 3.55. The molecule has 0 aromatic heterocycles. The monoisotopic (exact) mass is 201 g/mol. The van der Waals surface area contributed by atoms with Crippen LogP contribution in [0.5, 0.6) is 0 Å². The molecule has 0 aromatic rings. The molecule has 0 spiro atoms. The minimum absolute atomic E-state index is 0.197. The summed E-state index contributed by atoms with van der Waals surface area (Å²) in [6.07, 6.45) is 3.03. The second kappa shape index (κ2) is 5.86. The lowest BCUT2D eigenvalue weighted by Crippen LogP contribution is -2.43. The van der Waals surface area contributed by atoms with Gasteiger partial charge in [0.1, 0.15) is 0 Å². The summed E-state index contributed by atoms with van der Waals surface area (Å²) in [4.78, 5) is 12.9. The maximum atomic E-state index is 11.2. The predicted octanol–water partition coefficient (Wildman–Crippen LogP) is 1.64. The van der Waals surface area contributed by atoms with Gasteiger partial charge in [-0.3, -0.25) is 0 Å². The van der Waals surface area contributed by atoms with Crippen molar-refractivity contribution in [3.05, 3.63) is 0 Å². The molecule has 1 amide bonds. The van der Waals surface area contributed by atoms with Crippen LogP contribution in [-0.4, -0.2) is 43.9 Å². The Balaban J connectivity index is 2.31. The number of carbonyl (C=O) groups excluding carboxylic acids is 1. The van der Waals surface area contributed by atoms with Crippen molar-refractivity contribution in [2.45, 2.75) is 32.3 Å². The third-order valence-corrected chi connectivity index (χ3v) is 2.37. The first-order valence-electron chi connectivity index (χ1n) is 5.22. The molecular weight excluding hydrogens is 182 g/mol. The van der Waals surface area contributed by atoms with Crippen molar-refractivity contribution in [3.8, 4) is 0 Å². The predicted molar refractivity (Wildman–Crippen MR) is 53.2 cm³/mol. The standard InChI is InChI=1S/C10H19NO3/c1-3-7-14-9-5-4-6-11(8-9)10(12)13-2/h9H,3-8H2,1-2H3. The molecular formula is C10H19NO3. The number of carbonyl (C=O) groups is 1. The zero-order valence-electron chi connectivity index (χ0n) is 8.99. The largest absolute Gasteiger partial charge is 0.453 e. The zero-order chi connectivity index (χ0) is 10.4. The van der Waals surface area contributed by atoms with Crippen LogP contribution in [0.3, 0.4) is 0 Å². The fourth-order valence-corrected chi connectivity index (χ4v) is 1.65. The number of hydrogen-bond donors (Lipinski definition) is 0. The number of ether oxygens (including phenoxy) is 2. The summed E-state index contributed by atoms with van der Waals surface area (Å²) in [5.41, 5.74) is 0. The van der Waals surface area contributed by atoms with Gasteiger partial charge < -0.3 is 14.4 Å². The molecule has 1 aliphatic rings. The van der Waals surface area contributed by atoms with Crippen LogP contribution in [0, 0.1) is 0 Å². The number of amides is 1. The molecule has 1 rings (SSSR count). The van der Waals surface area contributed by atoms with Crippen molar-refractivity contribution in [1.29, 1.82) is 0 Å². The lowest BCUT2D eigenvalue weighted by atomic mass is 10.1. The normalized spacial score (nSPS) is 22.1. The average Bonchev–Trinajstić information content (AvgIpc) is 2.25. The molecule has 0 radical (unpaired) electrons. The van der Waals surface area contributed by atoms with E-state index in [1.54, 1.807) is 4.90 Å². The molecule has 0 aliphatic carbocycles. The summed E-state index contributed by atoms with van der Waals surface area (Å²) in [5.74, 6) is 0. The van der Waals surface area contributed by atoms with Gasteiger partial charge in [0.05, 0.1) is 19.8 Å². The second-order valence-corrected chi connectivity index (χ2v) is 3.55. The van der Waals surface area contributed by atoms with E-state index in [-0.39, 0.29) is 12.2 Å². The Morgan fingerprint density at radius 1 is 1.57 bits per heavy atom. The van der Waals surface area contributed by atoms with Gasteiger partial charge in [-0.25, -0.2) is 4.79 Å². The Morgan fingerprint density at radius 3 is 3.00 bits per heavy atom. The first-order valence-corrected chi connectivity index (χ1v) is 5.22. The Kier molecular flexibility index (Phi) is 4.73. The maximum Gasteiger partial charge on any atom is 0.409 e. The number of nitrogens with zero attached hydrogens (tertiary/aromatic N) is 1. The summed E-state index contributed by atoms with van der Waals surface area (Å²) in [6, 6.07) is 0. The Hall–Kier alpha value is -0.770. The van der Waals surface area contributed by atoms with Crippen LogP contribution in [0.1, 0.15) is 26.2 Å². The smallest absolute Gasteiger partial charge is 0.409 e. The average molecular weight is 201 g/mol. The van der Waals surface area contributed by atoms with Crippen LogP contribution in [0.25, 0.3) is 0 Å². The lowest BCUT2D eigenvalue weighted by Gasteiger charge is -2.31. The van der Waals surface area contributed by atoms with Crippen LogP contribution >= 0.6 is 0 Å². The molecule has 1 unspecified atom stereocenters. The molecule has 14 heavy (non-hydrogen) atoms. The van der Waals surface area contributed by atoms with Gasteiger partial charge in [0, 0.05) is 13.2 Å². The number of rotatable bonds is 3. The SMILES string of the molecule is CCCOC1CCCN(C(=O)OC)C1. The number of likely N-dealkylation sites (tertiary alicyclic amines) is 1. The highest BCUT2D eigenvalue weighted by atomic mass is 16.5. The van der Waals surface area contributed by atoms with Gasteiger partial charge in [-0.2, -0.15) is 0 Å². The van der Waals surface area contributed by atoms with E-state index in [2.05, 4.69) is 11.7 Å². The van der Waals surface area contributed by atoms with E-state index in [1.807, 2.05) is 0 Å². The van der Waals surface area contributed by atoms with Gasteiger partial charge in [-0.05, 0) is 19.3 Å². The molecule has 0 aromatic carbocycles. The number of methoxy groups -OCH3 is 1. The van der Waals surface area contributed by atoms with E-state index in [0.29, 0.717) is 6.54 Å². The van der Waals surface area contributed by atoms with E-state index in [1.165, 1.54) is 7.11 Å². The highest BCUT2D eigenvalue weighted by Gasteiger charge is 2.24. The third kappa shape index (κ3) is 3.18. The van der Waals surface area contributed by atoms with E-state index in [9.17, 15) is 4.79 Å². The quantitative estimate of drug-likeness (QED) is 0.696. The highest BCUT2D eigenvalue weighted by Crippen LogP contribution is 2.14. The summed E-state index contributed by atoms with van der Waals surface area (Å²) < 4.78 is 10.3. The minimum atomic E-state index is -0.241. The minimum Gasteiger partial charge on any atom is -0.453 e. The van der Waals surface area contributed by atoms with Crippen molar-refractivity contribution in [1.82, 2.24) is 4.90 Å². The first kappa shape index (κ1) is 11.3. The van der Waals surface area contributed by atoms with E-state index in [0.717, 1.165) is 32.4 Å². The fourth-order valence-electron chi connectivity index (χ4n) is 1.65. The molecule has 1 fully saturated rings. The number of hydrogen-bond acceptors (Lipinski definition) is 3. The summed E-state index contributed by atoms with van der Waals surface area (Å²) in [6.45, 7) is 4.33. The van der Waals surface area contributed by atoms with E-state index >= 15 is 0 Å². The molecule has 1 aliphatic heterocycles. The molecule has 0 saturated carbocycles. The molecule has 4 nitrogen and oxygen atoms in total. The van der Waals surface area contributed by atoms with Crippen LogP contribution in [0.15, 0.2) is 0 Å². The van der Waals surface area contributed by atoms with Gasteiger partial charge >= 0.3 is 6.09 Å². The third-order valence-electron chi connectivity index (χ3n) is 2.37. The van der Waals surface area contributed by atoms with E-state index in [4.69, 9.17) is 4.74 Å². The fraction of sp³-hybridized carbons (Fsp3) is 0.900. The molecule has 82 valence electrons. The van der Waals surface area contributed by atoms with Gasteiger partial charge in [-0.1, -0.05) is 6.92 Å². The van der Waals surface area contributed by atoms with Crippen molar-refractivity contribution in [3.63, 3.8) is 0 Å². The number of piperidine rings is 1. The first-order chi connectivity index (χ1) is 6.77. The molecule has 1 heterocycles. The summed E-state index contributed by atoms with van der Waals surface area (Å²) in [5, 5.41) is 0. The Morgan fingerprint density at radius 2 is 2.36 bits per heavy atom. The van der Waals surface area contributed by atoms with Crippen molar-refractivity contribution < 1.29 is 14.3 Å². The van der Waals surface area contributed by atoms with Crippen LogP contribution in [0.4, 0.5) is 4.79 Å². The van der Waals surface area contributed by atoms with Gasteiger partial charge in [0.25, 0.3) is 0 Å². The Labute approximate surface area is 85.2 Å². The van der Waals surface area contributed by atoms with Crippen LogP contribution in [-0.2, 0) is 9.47 Å². The van der Waals surface area contributed by atoms with Crippen molar-refractivity contribution in [2.24, 2.45) is 0 Å². The molecule has 0 N–H and O–H groups in total. The Bertz CT molecular complexity index is 184. The zero-order valence-corrected chi connectivity index (χ0v) is 8.99. The maximum absolute atomic E-state index is 11.2. The lowest BCUT2D eigenvalue weighted by molar-refractivity contribution is 0.000979. The van der Waals surface area contributed by atoms with Crippen molar-refractivity contribution >= 4 is 6.09 Å². The van der Waals surface area contributed by atoms with Gasteiger partial charge in [0.15, 0.2) is 0 Å². The summed E-state index contributed by atoms with van der Waals surface area (Å²) >= 11 is 0. The molecule has 4 heteroatoms. The van der Waals surface area contributed by atoms with Crippen LogP contribution < -0.4 is 0 Å². The van der Waals surface area contributed by atoms with Gasteiger partial charge in [-0.15, -0.1) is 0 Å². The summed E-state index contributed by atoms with van der Waals surface area (Å²) in [7, 11) is 1.42. The van der Waals surface area contributed by atoms with Gasteiger partial charge in [0.2, 0.25) is 0 Å². The van der Waals surface area contributed by atoms with E-state index < -0.39 is 0 Å². The molecule has 1 atom stereocenters. The molecule has 0 bridgehead atoms. The van der Waals surface area contributed by atoms with Crippen molar-refractivity contribution in [2.75, 3.05) is 26.8 Å². The molecule has 1 saturated heterocycles.